The third-order valence-electron chi connectivity index (χ3n) is 1.62. The molecule has 1 nitrogen and oxygen atoms in total. The van der Waals surface area contributed by atoms with Crippen LogP contribution in [0.3, 0.4) is 0 Å². The molecule has 12 heavy (non-hydrogen) atoms. The molecule has 62 valence electrons. The summed E-state index contributed by atoms with van der Waals surface area (Å²) < 4.78 is 0. The molecule has 0 unspecified atom stereocenters. The highest BCUT2D eigenvalue weighted by atomic mass is 14.7. The SMILES string of the molecule is CC#Cc1ccc(CCC)cn1. The van der Waals surface area contributed by atoms with Crippen LogP contribution in [0, 0.1) is 11.8 Å². The fourth-order valence-electron chi connectivity index (χ4n) is 1.06. The van der Waals surface area contributed by atoms with Gasteiger partial charge in [0.15, 0.2) is 0 Å². The van der Waals surface area contributed by atoms with Gasteiger partial charge in [-0.3, -0.25) is 0 Å². The Kier molecular flexibility index (Phi) is 3.35. The van der Waals surface area contributed by atoms with Crippen LogP contribution < -0.4 is 0 Å². The van der Waals surface area contributed by atoms with Crippen molar-refractivity contribution < 1.29 is 0 Å². The summed E-state index contributed by atoms with van der Waals surface area (Å²) in [7, 11) is 0. The van der Waals surface area contributed by atoms with Crippen LogP contribution in [-0.2, 0) is 6.42 Å². The molecule has 0 fully saturated rings. The van der Waals surface area contributed by atoms with E-state index < -0.39 is 0 Å². The van der Waals surface area contributed by atoms with Crippen molar-refractivity contribution in [1.29, 1.82) is 0 Å². The second-order valence-electron chi connectivity index (χ2n) is 2.68. The second kappa shape index (κ2) is 4.56. The molecule has 1 heteroatoms. The highest BCUT2D eigenvalue weighted by Gasteiger charge is 1.91. The molecule has 0 aliphatic carbocycles. The summed E-state index contributed by atoms with van der Waals surface area (Å²) in [5.74, 6) is 5.74. The molecule has 1 aromatic rings. The van der Waals surface area contributed by atoms with Gasteiger partial charge < -0.3 is 0 Å². The fraction of sp³-hybridized carbons (Fsp3) is 0.364. The molecule has 0 aromatic carbocycles. The monoisotopic (exact) mass is 159 g/mol. The first-order valence-corrected chi connectivity index (χ1v) is 4.24. The zero-order chi connectivity index (χ0) is 8.81. The van der Waals surface area contributed by atoms with Crippen molar-refractivity contribution in [3.05, 3.63) is 29.6 Å². The predicted octanol–water partition coefficient (Wildman–Crippen LogP) is 2.41. The standard InChI is InChI=1S/C11H13N/c1-3-5-10-7-8-11(6-4-2)12-9-10/h7-9H,3,5H2,1-2H3. The van der Waals surface area contributed by atoms with E-state index in [9.17, 15) is 0 Å². The molecule has 0 aliphatic heterocycles. The van der Waals surface area contributed by atoms with Crippen molar-refractivity contribution in [2.75, 3.05) is 0 Å². The van der Waals surface area contributed by atoms with Gasteiger partial charge in [-0.1, -0.05) is 25.3 Å². The first-order chi connectivity index (χ1) is 5.86. The number of rotatable bonds is 2. The van der Waals surface area contributed by atoms with Crippen molar-refractivity contribution >= 4 is 0 Å². The van der Waals surface area contributed by atoms with Crippen LogP contribution in [0.2, 0.25) is 0 Å². The van der Waals surface area contributed by atoms with Crippen molar-refractivity contribution in [2.24, 2.45) is 0 Å². The molecular formula is C11H13N. The van der Waals surface area contributed by atoms with Crippen LogP contribution in [0.15, 0.2) is 18.3 Å². The van der Waals surface area contributed by atoms with E-state index in [1.165, 1.54) is 12.0 Å². The Morgan fingerprint density at radius 1 is 1.42 bits per heavy atom. The highest BCUT2D eigenvalue weighted by Crippen LogP contribution is 2.01. The molecule has 0 atom stereocenters. The Morgan fingerprint density at radius 2 is 2.25 bits per heavy atom. The third kappa shape index (κ3) is 2.39. The maximum absolute atomic E-state index is 4.21. The minimum absolute atomic E-state index is 0.859. The Bertz CT molecular complexity index is 287. The van der Waals surface area contributed by atoms with Gasteiger partial charge in [-0.15, -0.1) is 0 Å². The van der Waals surface area contributed by atoms with E-state index in [4.69, 9.17) is 0 Å². The second-order valence-corrected chi connectivity index (χ2v) is 2.68. The normalized spacial score (nSPS) is 8.83. The number of nitrogens with zero attached hydrogens (tertiary/aromatic N) is 1. The lowest BCUT2D eigenvalue weighted by molar-refractivity contribution is 0.913. The summed E-state index contributed by atoms with van der Waals surface area (Å²) >= 11 is 0. The van der Waals surface area contributed by atoms with Crippen molar-refractivity contribution in [3.63, 3.8) is 0 Å². The minimum Gasteiger partial charge on any atom is -0.248 e. The Hall–Kier alpha value is -1.29. The maximum Gasteiger partial charge on any atom is 0.113 e. The lowest BCUT2D eigenvalue weighted by Gasteiger charge is -1.96. The lowest BCUT2D eigenvalue weighted by atomic mass is 10.1. The first kappa shape index (κ1) is 8.80. The van der Waals surface area contributed by atoms with Crippen molar-refractivity contribution in [2.45, 2.75) is 26.7 Å². The lowest BCUT2D eigenvalue weighted by Crippen LogP contribution is -1.87. The number of aromatic nitrogens is 1. The topological polar surface area (TPSA) is 12.9 Å². The van der Waals surface area contributed by atoms with Crippen molar-refractivity contribution in [1.82, 2.24) is 4.98 Å². The summed E-state index contributed by atoms with van der Waals surface area (Å²) in [6, 6.07) is 4.07. The van der Waals surface area contributed by atoms with Gasteiger partial charge in [0.05, 0.1) is 0 Å². The van der Waals surface area contributed by atoms with Crippen LogP contribution in [0.5, 0.6) is 0 Å². The summed E-state index contributed by atoms with van der Waals surface area (Å²) in [5, 5.41) is 0. The maximum atomic E-state index is 4.21. The quantitative estimate of drug-likeness (QED) is 0.604. The zero-order valence-electron chi connectivity index (χ0n) is 7.59. The van der Waals surface area contributed by atoms with E-state index in [2.05, 4.69) is 29.8 Å². The predicted molar refractivity (Wildman–Crippen MR) is 50.8 cm³/mol. The summed E-state index contributed by atoms with van der Waals surface area (Å²) in [5.41, 5.74) is 2.15. The average Bonchev–Trinajstić information content (AvgIpc) is 2.09. The smallest absolute Gasteiger partial charge is 0.113 e. The third-order valence-corrected chi connectivity index (χ3v) is 1.62. The van der Waals surface area contributed by atoms with Gasteiger partial charge in [-0.25, -0.2) is 4.98 Å². The number of aryl methyl sites for hydroxylation is 1. The molecule has 1 aromatic heterocycles. The largest absolute Gasteiger partial charge is 0.248 e. The summed E-state index contributed by atoms with van der Waals surface area (Å²) in [6.45, 7) is 3.99. The van der Waals surface area contributed by atoms with E-state index in [-0.39, 0.29) is 0 Å². The van der Waals surface area contributed by atoms with Crippen molar-refractivity contribution in [3.8, 4) is 11.8 Å². The van der Waals surface area contributed by atoms with Gasteiger partial charge in [0.25, 0.3) is 0 Å². The molecule has 1 heterocycles. The van der Waals surface area contributed by atoms with Gasteiger partial charge in [-0.05, 0) is 30.9 Å². The summed E-state index contributed by atoms with van der Waals surface area (Å²) in [6.07, 6.45) is 4.18. The Morgan fingerprint density at radius 3 is 2.75 bits per heavy atom. The molecule has 1 rings (SSSR count). The van der Waals surface area contributed by atoms with E-state index in [1.807, 2.05) is 19.2 Å². The van der Waals surface area contributed by atoms with E-state index in [1.54, 1.807) is 0 Å². The van der Waals surface area contributed by atoms with E-state index in [0.717, 1.165) is 12.1 Å². The van der Waals surface area contributed by atoms with Gasteiger partial charge in [0, 0.05) is 6.20 Å². The molecule has 0 amide bonds. The first-order valence-electron chi connectivity index (χ1n) is 4.24. The minimum atomic E-state index is 0.859. The van der Waals surface area contributed by atoms with Gasteiger partial charge in [0.2, 0.25) is 0 Å². The summed E-state index contributed by atoms with van der Waals surface area (Å²) in [4.78, 5) is 4.21. The van der Waals surface area contributed by atoms with E-state index >= 15 is 0 Å². The van der Waals surface area contributed by atoms with Gasteiger partial charge >= 0.3 is 0 Å². The molecule has 0 spiro atoms. The van der Waals surface area contributed by atoms with Crippen LogP contribution in [0.4, 0.5) is 0 Å². The number of pyridine rings is 1. The van der Waals surface area contributed by atoms with Crippen LogP contribution in [-0.4, -0.2) is 4.98 Å². The van der Waals surface area contributed by atoms with Crippen LogP contribution in [0.1, 0.15) is 31.5 Å². The molecule has 0 saturated heterocycles. The molecule has 0 bridgehead atoms. The number of hydrogen-bond donors (Lipinski definition) is 0. The molecular weight excluding hydrogens is 146 g/mol. The van der Waals surface area contributed by atoms with Gasteiger partial charge in [-0.2, -0.15) is 0 Å². The highest BCUT2D eigenvalue weighted by molar-refractivity contribution is 5.28. The average molecular weight is 159 g/mol. The van der Waals surface area contributed by atoms with E-state index in [0.29, 0.717) is 0 Å². The van der Waals surface area contributed by atoms with Crippen LogP contribution in [0.25, 0.3) is 0 Å². The van der Waals surface area contributed by atoms with Gasteiger partial charge in [0.1, 0.15) is 5.69 Å². The molecule has 0 N–H and O–H groups in total. The molecule has 0 aliphatic rings. The Balaban J connectivity index is 2.76. The zero-order valence-corrected chi connectivity index (χ0v) is 7.59. The van der Waals surface area contributed by atoms with Crippen LogP contribution >= 0.6 is 0 Å². The number of hydrogen-bond acceptors (Lipinski definition) is 1. The fourth-order valence-corrected chi connectivity index (χ4v) is 1.06. The molecule has 0 saturated carbocycles. The Labute approximate surface area is 73.8 Å². The molecule has 0 radical (unpaired) electrons.